The molecule has 0 radical (unpaired) electrons. The molecule has 38 heavy (non-hydrogen) atoms. The highest BCUT2D eigenvalue weighted by molar-refractivity contribution is 5.97. The number of hydroxylamine groups is 1. The highest BCUT2D eigenvalue weighted by atomic mass is 16.5. The minimum absolute atomic E-state index is 0.274. The van der Waals surface area contributed by atoms with Gasteiger partial charge in [-0.1, -0.05) is 42.2 Å². The number of hydrogen-bond acceptors (Lipinski definition) is 6. The summed E-state index contributed by atoms with van der Waals surface area (Å²) in [4.78, 5) is 23.9. The van der Waals surface area contributed by atoms with E-state index in [1.165, 1.54) is 12.4 Å². The smallest absolute Gasteiger partial charge is 0.268 e. The molecular formula is C30H29N3O5. The fourth-order valence-corrected chi connectivity index (χ4v) is 3.51. The molecule has 5 N–H and O–H groups in total. The van der Waals surface area contributed by atoms with E-state index in [2.05, 4.69) is 34.3 Å². The summed E-state index contributed by atoms with van der Waals surface area (Å²) in [6, 6.07) is 20.9. The van der Waals surface area contributed by atoms with Gasteiger partial charge in [-0.3, -0.25) is 14.8 Å². The van der Waals surface area contributed by atoms with Crippen LogP contribution >= 0.6 is 0 Å². The van der Waals surface area contributed by atoms with Crippen LogP contribution in [0, 0.1) is 23.7 Å². The van der Waals surface area contributed by atoms with Crippen molar-refractivity contribution in [2.45, 2.75) is 32.2 Å². The monoisotopic (exact) mass is 511 g/mol. The van der Waals surface area contributed by atoms with Crippen LogP contribution < -0.4 is 20.9 Å². The van der Waals surface area contributed by atoms with E-state index < -0.39 is 24.0 Å². The van der Waals surface area contributed by atoms with Crippen LogP contribution in [0.15, 0.2) is 72.8 Å². The standard InChI is InChI=1S/C30H29N3O5/c1-21(34)28(30(36)33-37)32-29(35)25-17-15-23(16-18-25)8-4-3-7-22-11-13-24(14-12-22)19-31-20-26-9-5-6-10-27(26)38-2/h5-6,9-18,21,28,31,34,37H,19-20H2,1-2H3,(H,32,35)(H,33,36). The van der Waals surface area contributed by atoms with Crippen LogP contribution in [0.3, 0.4) is 0 Å². The number of para-hydroxylation sites is 1. The molecule has 2 amide bonds. The number of carbonyl (C=O) groups is 2. The summed E-state index contributed by atoms with van der Waals surface area (Å²) in [6.07, 6.45) is -1.19. The lowest BCUT2D eigenvalue weighted by Gasteiger charge is -2.19. The van der Waals surface area contributed by atoms with E-state index in [0.29, 0.717) is 18.7 Å². The van der Waals surface area contributed by atoms with Gasteiger partial charge in [-0.05, 0) is 66.8 Å². The lowest BCUT2D eigenvalue weighted by Crippen LogP contribution is -2.51. The molecule has 0 fully saturated rings. The number of ether oxygens (including phenoxy) is 1. The van der Waals surface area contributed by atoms with Crippen LogP contribution in [0.1, 0.15) is 39.5 Å². The van der Waals surface area contributed by atoms with Crippen LogP contribution in [-0.4, -0.2) is 41.4 Å². The van der Waals surface area contributed by atoms with Crippen LogP contribution in [0.25, 0.3) is 0 Å². The molecule has 2 unspecified atom stereocenters. The van der Waals surface area contributed by atoms with Gasteiger partial charge in [0.2, 0.25) is 0 Å². The number of methoxy groups -OCH3 is 1. The maximum Gasteiger partial charge on any atom is 0.268 e. The van der Waals surface area contributed by atoms with Crippen molar-refractivity contribution in [3.8, 4) is 29.4 Å². The summed E-state index contributed by atoms with van der Waals surface area (Å²) in [6.45, 7) is 2.75. The summed E-state index contributed by atoms with van der Waals surface area (Å²) < 4.78 is 5.37. The van der Waals surface area contributed by atoms with Crippen molar-refractivity contribution >= 4 is 11.8 Å². The van der Waals surface area contributed by atoms with Crippen LogP contribution in [0.2, 0.25) is 0 Å². The molecule has 0 aromatic heterocycles. The molecule has 2 atom stereocenters. The molecule has 0 spiro atoms. The Morgan fingerprint density at radius 1 is 0.895 bits per heavy atom. The second-order valence-corrected chi connectivity index (χ2v) is 8.36. The molecule has 0 saturated carbocycles. The highest BCUT2D eigenvalue weighted by Gasteiger charge is 2.25. The van der Waals surface area contributed by atoms with Gasteiger partial charge in [0.25, 0.3) is 11.8 Å². The van der Waals surface area contributed by atoms with Gasteiger partial charge in [-0.2, -0.15) is 0 Å². The van der Waals surface area contributed by atoms with Crippen LogP contribution in [-0.2, 0) is 17.9 Å². The molecule has 3 aromatic rings. The van der Waals surface area contributed by atoms with Crippen molar-refractivity contribution in [2.24, 2.45) is 0 Å². The summed E-state index contributed by atoms with van der Waals surface area (Å²) in [5.74, 6) is 10.9. The topological polar surface area (TPSA) is 120 Å². The first-order chi connectivity index (χ1) is 18.4. The van der Waals surface area contributed by atoms with Crippen molar-refractivity contribution in [3.05, 3.63) is 101 Å². The number of aliphatic hydroxyl groups is 1. The fourth-order valence-electron chi connectivity index (χ4n) is 3.51. The maximum absolute atomic E-state index is 12.3. The summed E-state index contributed by atoms with van der Waals surface area (Å²) in [5.41, 5.74) is 5.44. The number of benzene rings is 3. The molecule has 0 aliphatic carbocycles. The first kappa shape index (κ1) is 28.0. The Labute approximate surface area is 222 Å². The molecular weight excluding hydrogens is 482 g/mol. The molecule has 0 aliphatic heterocycles. The summed E-state index contributed by atoms with van der Waals surface area (Å²) in [7, 11) is 1.67. The largest absolute Gasteiger partial charge is 0.496 e. The van der Waals surface area contributed by atoms with E-state index in [4.69, 9.17) is 9.94 Å². The van der Waals surface area contributed by atoms with Crippen molar-refractivity contribution in [1.29, 1.82) is 0 Å². The van der Waals surface area contributed by atoms with E-state index in [9.17, 15) is 14.7 Å². The molecule has 8 nitrogen and oxygen atoms in total. The van der Waals surface area contributed by atoms with E-state index in [1.807, 2.05) is 48.5 Å². The third-order valence-electron chi connectivity index (χ3n) is 5.58. The number of nitrogens with one attached hydrogen (secondary N) is 3. The van der Waals surface area contributed by atoms with Gasteiger partial charge in [0.05, 0.1) is 13.2 Å². The number of rotatable bonds is 9. The molecule has 0 heterocycles. The normalized spacial score (nSPS) is 11.6. The van der Waals surface area contributed by atoms with Gasteiger partial charge in [0.15, 0.2) is 0 Å². The second-order valence-electron chi connectivity index (χ2n) is 8.36. The molecule has 0 aliphatic rings. The second kappa shape index (κ2) is 14.2. The zero-order valence-electron chi connectivity index (χ0n) is 21.1. The van der Waals surface area contributed by atoms with Gasteiger partial charge < -0.3 is 20.5 Å². The SMILES string of the molecule is COc1ccccc1CNCc1ccc(C#CC#Cc2ccc(C(=O)NC(C(=O)NO)C(C)O)cc2)cc1. The third-order valence-corrected chi connectivity index (χ3v) is 5.58. The maximum atomic E-state index is 12.3. The minimum Gasteiger partial charge on any atom is -0.496 e. The molecule has 3 aromatic carbocycles. The Bertz CT molecular complexity index is 1360. The van der Waals surface area contributed by atoms with Crippen molar-refractivity contribution in [2.75, 3.05) is 7.11 Å². The Hall–Kier alpha value is -4.60. The molecule has 194 valence electrons. The van der Waals surface area contributed by atoms with Crippen molar-refractivity contribution < 1.29 is 24.6 Å². The van der Waals surface area contributed by atoms with E-state index >= 15 is 0 Å². The van der Waals surface area contributed by atoms with Crippen LogP contribution in [0.4, 0.5) is 0 Å². The molecule has 3 rings (SSSR count). The first-order valence-corrected chi connectivity index (χ1v) is 11.9. The zero-order valence-corrected chi connectivity index (χ0v) is 21.1. The Kier molecular flexibility index (Phi) is 10.5. The Morgan fingerprint density at radius 3 is 2.08 bits per heavy atom. The van der Waals surface area contributed by atoms with Gasteiger partial charge in [-0.15, -0.1) is 0 Å². The number of hydrogen-bond donors (Lipinski definition) is 5. The number of aliphatic hydroxyl groups excluding tert-OH is 1. The lowest BCUT2D eigenvalue weighted by molar-refractivity contribution is -0.133. The average Bonchev–Trinajstić information content (AvgIpc) is 2.94. The van der Waals surface area contributed by atoms with Gasteiger partial charge in [0, 0.05) is 35.3 Å². The van der Waals surface area contributed by atoms with E-state index in [-0.39, 0.29) is 5.56 Å². The predicted octanol–water partition coefficient (Wildman–Crippen LogP) is 2.37. The van der Waals surface area contributed by atoms with Crippen molar-refractivity contribution in [3.63, 3.8) is 0 Å². The van der Waals surface area contributed by atoms with Gasteiger partial charge in [-0.25, -0.2) is 5.48 Å². The predicted molar refractivity (Wildman–Crippen MR) is 143 cm³/mol. The van der Waals surface area contributed by atoms with Gasteiger partial charge >= 0.3 is 0 Å². The van der Waals surface area contributed by atoms with E-state index in [1.54, 1.807) is 31.4 Å². The fraction of sp³-hybridized carbons (Fsp3) is 0.200. The number of carbonyl (C=O) groups excluding carboxylic acids is 2. The molecule has 0 saturated heterocycles. The minimum atomic E-state index is -1.29. The quantitative estimate of drug-likeness (QED) is 0.171. The first-order valence-electron chi connectivity index (χ1n) is 11.9. The summed E-state index contributed by atoms with van der Waals surface area (Å²) >= 11 is 0. The summed E-state index contributed by atoms with van der Waals surface area (Å²) in [5, 5.41) is 24.2. The number of amides is 2. The molecule has 8 heteroatoms. The average molecular weight is 512 g/mol. The Morgan fingerprint density at radius 2 is 1.50 bits per heavy atom. The zero-order chi connectivity index (χ0) is 27.3. The van der Waals surface area contributed by atoms with E-state index in [0.717, 1.165) is 22.4 Å². The van der Waals surface area contributed by atoms with Gasteiger partial charge in [0.1, 0.15) is 11.8 Å². The lowest BCUT2D eigenvalue weighted by atomic mass is 10.1. The molecule has 0 bridgehead atoms. The Balaban J connectivity index is 1.51. The van der Waals surface area contributed by atoms with Crippen LogP contribution in [0.5, 0.6) is 5.75 Å². The highest BCUT2D eigenvalue weighted by Crippen LogP contribution is 2.17. The van der Waals surface area contributed by atoms with Crippen molar-refractivity contribution in [1.82, 2.24) is 16.1 Å². The third kappa shape index (κ3) is 8.22.